The van der Waals surface area contributed by atoms with E-state index < -0.39 is 0 Å². The molecule has 1 aliphatic carbocycles. The van der Waals surface area contributed by atoms with Gasteiger partial charge in [-0.3, -0.25) is 0 Å². The highest BCUT2D eigenvalue weighted by atomic mass is 14.6. The predicted octanol–water partition coefficient (Wildman–Crippen LogP) is 5.61. The molecule has 1 rings (SSSR count). The van der Waals surface area contributed by atoms with Gasteiger partial charge in [-0.25, -0.2) is 0 Å². The highest BCUT2D eigenvalue weighted by Gasteiger charge is 2.54. The van der Waals surface area contributed by atoms with E-state index in [0.29, 0.717) is 0 Å². The molecule has 0 amide bonds. The van der Waals surface area contributed by atoms with Gasteiger partial charge in [0.25, 0.3) is 0 Å². The van der Waals surface area contributed by atoms with E-state index in [-0.39, 0.29) is 21.7 Å². The van der Waals surface area contributed by atoms with Crippen molar-refractivity contribution in [1.82, 2.24) is 0 Å². The Kier molecular flexibility index (Phi) is 3.19. The third-order valence-electron chi connectivity index (χ3n) is 4.21. The minimum absolute atomic E-state index is 0.151. The van der Waals surface area contributed by atoms with Crippen LogP contribution in [0.4, 0.5) is 0 Å². The van der Waals surface area contributed by atoms with Gasteiger partial charge in [-0.15, -0.1) is 0 Å². The number of rotatable bonds is 0. The van der Waals surface area contributed by atoms with Crippen molar-refractivity contribution < 1.29 is 0 Å². The Balaban J connectivity index is 3.48. The van der Waals surface area contributed by atoms with Gasteiger partial charge in [0, 0.05) is 5.41 Å². The molecule has 0 saturated heterocycles. The number of hydrogen-bond donors (Lipinski definition) is 0. The largest absolute Gasteiger partial charge is 0.0732 e. The van der Waals surface area contributed by atoms with Crippen LogP contribution in [-0.2, 0) is 0 Å². The first-order valence-corrected chi connectivity index (χ1v) is 6.74. The van der Waals surface area contributed by atoms with Gasteiger partial charge in [0.15, 0.2) is 0 Å². The summed E-state index contributed by atoms with van der Waals surface area (Å²) in [6, 6.07) is 0. The fourth-order valence-electron chi connectivity index (χ4n) is 3.78. The summed E-state index contributed by atoms with van der Waals surface area (Å²) in [4.78, 5) is 0. The lowest BCUT2D eigenvalue weighted by Gasteiger charge is -2.55. The predicted molar refractivity (Wildman–Crippen MR) is 78.0 cm³/mol. The summed E-state index contributed by atoms with van der Waals surface area (Å²) in [7, 11) is 0. The Morgan fingerprint density at radius 1 is 0.765 bits per heavy atom. The lowest BCUT2D eigenvalue weighted by atomic mass is 9.49. The zero-order valence-corrected chi connectivity index (χ0v) is 13.2. The van der Waals surface area contributed by atoms with Crippen molar-refractivity contribution in [2.24, 2.45) is 21.7 Å². The molecule has 0 nitrogen and oxygen atoms in total. The Hall–Kier alpha value is -0.520. The maximum atomic E-state index is 2.44. The first kappa shape index (κ1) is 14.5. The molecule has 1 aliphatic rings. The van der Waals surface area contributed by atoms with Crippen LogP contribution in [0.5, 0.6) is 0 Å². The fourth-order valence-corrected chi connectivity index (χ4v) is 3.78. The molecule has 0 atom stereocenters. The van der Waals surface area contributed by atoms with Crippen LogP contribution in [0.15, 0.2) is 23.8 Å². The Morgan fingerprint density at radius 3 is 1.41 bits per heavy atom. The van der Waals surface area contributed by atoms with Crippen LogP contribution in [0, 0.1) is 21.7 Å². The van der Waals surface area contributed by atoms with Gasteiger partial charge < -0.3 is 0 Å². The molecule has 0 spiro atoms. The second-order valence-corrected chi connectivity index (χ2v) is 8.50. The fraction of sp³-hybridized carbons (Fsp3) is 0.765. The van der Waals surface area contributed by atoms with Gasteiger partial charge in [0.1, 0.15) is 0 Å². The van der Waals surface area contributed by atoms with E-state index >= 15 is 0 Å². The van der Waals surface area contributed by atoms with Gasteiger partial charge in [0.2, 0.25) is 0 Å². The molecular formula is C17H30. The average Bonchev–Trinajstić information content (AvgIpc) is 2.42. The van der Waals surface area contributed by atoms with Crippen molar-refractivity contribution in [3.05, 3.63) is 23.8 Å². The van der Waals surface area contributed by atoms with Crippen LogP contribution in [0.3, 0.4) is 0 Å². The second kappa shape index (κ2) is 3.73. The van der Waals surface area contributed by atoms with Crippen molar-refractivity contribution in [2.75, 3.05) is 0 Å². The van der Waals surface area contributed by atoms with E-state index in [1.807, 2.05) is 0 Å². The second-order valence-electron chi connectivity index (χ2n) is 8.50. The lowest BCUT2D eigenvalue weighted by Crippen LogP contribution is -2.48. The molecule has 0 fully saturated rings. The van der Waals surface area contributed by atoms with Crippen LogP contribution in [-0.4, -0.2) is 0 Å². The molecule has 0 aromatic carbocycles. The van der Waals surface area contributed by atoms with Crippen LogP contribution in [0.1, 0.15) is 62.3 Å². The van der Waals surface area contributed by atoms with Crippen LogP contribution >= 0.6 is 0 Å². The van der Waals surface area contributed by atoms with E-state index in [0.717, 1.165) is 0 Å². The minimum atomic E-state index is 0.151. The van der Waals surface area contributed by atoms with Crippen molar-refractivity contribution >= 4 is 0 Å². The summed E-state index contributed by atoms with van der Waals surface area (Å²) in [6.07, 6.45) is 7.04. The zero-order valence-electron chi connectivity index (χ0n) is 13.2. The molecule has 98 valence electrons. The standard InChI is InChI=1S/C17H30/c1-14(2,3)13-11-10-12-17(13,15(4,5)6)16(7,8)9/h10-12H,1-9H3. The Morgan fingerprint density at radius 2 is 1.18 bits per heavy atom. The molecule has 0 N–H and O–H groups in total. The lowest BCUT2D eigenvalue weighted by molar-refractivity contribution is 0.0401. The number of allylic oxidation sites excluding steroid dienone is 4. The van der Waals surface area contributed by atoms with E-state index in [9.17, 15) is 0 Å². The van der Waals surface area contributed by atoms with Crippen molar-refractivity contribution in [1.29, 1.82) is 0 Å². The van der Waals surface area contributed by atoms with Crippen LogP contribution in [0.25, 0.3) is 0 Å². The maximum Gasteiger partial charge on any atom is 0.0199 e. The third-order valence-corrected chi connectivity index (χ3v) is 4.21. The molecule has 0 heteroatoms. The van der Waals surface area contributed by atoms with E-state index in [1.54, 1.807) is 5.57 Å². The molecule has 0 bridgehead atoms. The molecular weight excluding hydrogens is 204 g/mol. The monoisotopic (exact) mass is 234 g/mol. The molecule has 0 aromatic rings. The molecule has 17 heavy (non-hydrogen) atoms. The first-order valence-electron chi connectivity index (χ1n) is 6.74. The quantitative estimate of drug-likeness (QED) is 0.511. The summed E-state index contributed by atoms with van der Waals surface area (Å²) in [5, 5.41) is 0. The summed E-state index contributed by atoms with van der Waals surface area (Å²) in [6.45, 7) is 21.2. The molecule has 0 saturated carbocycles. The summed E-state index contributed by atoms with van der Waals surface area (Å²) in [5.74, 6) is 0. The molecule has 0 aromatic heterocycles. The Labute approximate surface area is 108 Å². The topological polar surface area (TPSA) is 0 Å². The van der Waals surface area contributed by atoms with E-state index in [1.165, 1.54) is 0 Å². The summed E-state index contributed by atoms with van der Waals surface area (Å²) in [5.41, 5.74) is 2.42. The van der Waals surface area contributed by atoms with Gasteiger partial charge in [-0.05, 0) is 16.2 Å². The first-order chi connectivity index (χ1) is 7.34. The van der Waals surface area contributed by atoms with Gasteiger partial charge in [0.05, 0.1) is 0 Å². The molecule has 0 heterocycles. The highest BCUT2D eigenvalue weighted by molar-refractivity contribution is 5.41. The third kappa shape index (κ3) is 2.11. The molecule has 0 aliphatic heterocycles. The summed E-state index contributed by atoms with van der Waals surface area (Å²) >= 11 is 0. The molecule has 0 unspecified atom stereocenters. The van der Waals surface area contributed by atoms with Crippen LogP contribution in [0.2, 0.25) is 0 Å². The number of hydrogen-bond acceptors (Lipinski definition) is 0. The van der Waals surface area contributed by atoms with E-state index in [4.69, 9.17) is 0 Å². The zero-order chi connectivity index (χ0) is 13.7. The smallest absolute Gasteiger partial charge is 0.0199 e. The highest BCUT2D eigenvalue weighted by Crippen LogP contribution is 2.62. The molecule has 0 radical (unpaired) electrons. The van der Waals surface area contributed by atoms with Crippen molar-refractivity contribution in [2.45, 2.75) is 62.3 Å². The summed E-state index contributed by atoms with van der Waals surface area (Å²) < 4.78 is 0. The van der Waals surface area contributed by atoms with Gasteiger partial charge >= 0.3 is 0 Å². The van der Waals surface area contributed by atoms with E-state index in [2.05, 4.69) is 80.5 Å². The SMILES string of the molecule is CC(C)(C)C1=CC=CC1(C(C)(C)C)C(C)(C)C. The van der Waals surface area contributed by atoms with Gasteiger partial charge in [-0.2, -0.15) is 0 Å². The maximum absolute atomic E-state index is 2.44. The average molecular weight is 234 g/mol. The van der Waals surface area contributed by atoms with Crippen LogP contribution < -0.4 is 0 Å². The van der Waals surface area contributed by atoms with Crippen molar-refractivity contribution in [3.63, 3.8) is 0 Å². The van der Waals surface area contributed by atoms with Crippen molar-refractivity contribution in [3.8, 4) is 0 Å². The minimum Gasteiger partial charge on any atom is -0.0732 e. The Bertz CT molecular complexity index is 331. The van der Waals surface area contributed by atoms with Gasteiger partial charge in [-0.1, -0.05) is 86.1 Å². The normalized spacial score (nSPS) is 20.6.